The summed E-state index contributed by atoms with van der Waals surface area (Å²) in [6.45, 7) is 3.70. The Morgan fingerprint density at radius 1 is 1.42 bits per heavy atom. The molecule has 6 heteroatoms. The van der Waals surface area contributed by atoms with E-state index in [4.69, 9.17) is 5.11 Å². The second-order valence-corrected chi connectivity index (χ2v) is 7.08. The summed E-state index contributed by atoms with van der Waals surface area (Å²) in [4.78, 5) is 12.9. The van der Waals surface area contributed by atoms with Crippen molar-refractivity contribution in [3.8, 4) is 0 Å². The SMILES string of the molecule is Cc1cc(C)c2c(c1)S(=O)(=O)CC(CC(=O)O)N2C. The van der Waals surface area contributed by atoms with Gasteiger partial charge < -0.3 is 10.0 Å². The van der Waals surface area contributed by atoms with Gasteiger partial charge >= 0.3 is 5.97 Å². The normalized spacial score (nSPS) is 21.0. The third-order valence-corrected chi connectivity index (χ3v) is 5.27. The summed E-state index contributed by atoms with van der Waals surface area (Å²) in [5, 5.41) is 8.89. The van der Waals surface area contributed by atoms with E-state index in [1.165, 1.54) is 0 Å². The van der Waals surface area contributed by atoms with Gasteiger partial charge in [-0.25, -0.2) is 8.42 Å². The highest BCUT2D eigenvalue weighted by Gasteiger charge is 2.36. The fourth-order valence-corrected chi connectivity index (χ4v) is 4.64. The first kappa shape index (κ1) is 13.9. The van der Waals surface area contributed by atoms with E-state index in [0.717, 1.165) is 11.1 Å². The molecule has 1 aliphatic heterocycles. The van der Waals surface area contributed by atoms with E-state index in [1.54, 1.807) is 18.0 Å². The van der Waals surface area contributed by atoms with E-state index < -0.39 is 21.8 Å². The molecule has 2 rings (SSSR count). The Morgan fingerprint density at radius 2 is 2.05 bits per heavy atom. The summed E-state index contributed by atoms with van der Waals surface area (Å²) in [5.74, 6) is -1.13. The zero-order chi connectivity index (χ0) is 14.4. The molecule has 0 amide bonds. The molecule has 0 fully saturated rings. The predicted octanol–water partition coefficient (Wildman–Crippen LogP) is 1.37. The minimum atomic E-state index is -3.42. The Kier molecular flexibility index (Phi) is 3.30. The fraction of sp³-hybridized carbons (Fsp3) is 0.462. The van der Waals surface area contributed by atoms with Gasteiger partial charge in [0.05, 0.1) is 28.8 Å². The van der Waals surface area contributed by atoms with Crippen LogP contribution in [0.4, 0.5) is 5.69 Å². The lowest BCUT2D eigenvalue weighted by Gasteiger charge is -2.36. The van der Waals surface area contributed by atoms with Gasteiger partial charge in [0, 0.05) is 7.05 Å². The molecule has 1 atom stereocenters. The van der Waals surface area contributed by atoms with Crippen LogP contribution in [-0.4, -0.2) is 38.3 Å². The number of carboxylic acids is 1. The van der Waals surface area contributed by atoms with Crippen LogP contribution in [0.25, 0.3) is 0 Å². The van der Waals surface area contributed by atoms with Crippen LogP contribution >= 0.6 is 0 Å². The first-order chi connectivity index (χ1) is 8.72. The Balaban J connectivity index is 2.60. The Bertz CT molecular complexity index is 636. The maximum Gasteiger partial charge on any atom is 0.305 e. The Morgan fingerprint density at radius 3 is 2.63 bits per heavy atom. The summed E-state index contributed by atoms with van der Waals surface area (Å²) in [6, 6.07) is 3.05. The van der Waals surface area contributed by atoms with E-state index in [-0.39, 0.29) is 12.2 Å². The molecular weight excluding hydrogens is 266 g/mol. The molecule has 1 aliphatic rings. The average molecular weight is 283 g/mol. The van der Waals surface area contributed by atoms with E-state index in [0.29, 0.717) is 10.6 Å². The minimum Gasteiger partial charge on any atom is -0.481 e. The van der Waals surface area contributed by atoms with Crippen molar-refractivity contribution in [3.63, 3.8) is 0 Å². The number of aliphatic carboxylic acids is 1. The molecule has 1 N–H and O–H groups in total. The second-order valence-electron chi connectivity index (χ2n) is 5.07. The van der Waals surface area contributed by atoms with Crippen LogP contribution in [0, 0.1) is 13.8 Å². The van der Waals surface area contributed by atoms with Crippen LogP contribution in [0.15, 0.2) is 17.0 Å². The molecular formula is C13H17NO4S. The van der Waals surface area contributed by atoms with Crippen LogP contribution in [0.5, 0.6) is 0 Å². The van der Waals surface area contributed by atoms with Crippen molar-refractivity contribution in [2.75, 3.05) is 17.7 Å². The predicted molar refractivity (Wildman–Crippen MR) is 72.4 cm³/mol. The van der Waals surface area contributed by atoms with Crippen LogP contribution in [-0.2, 0) is 14.6 Å². The van der Waals surface area contributed by atoms with Crippen molar-refractivity contribution >= 4 is 21.5 Å². The largest absolute Gasteiger partial charge is 0.481 e. The maximum atomic E-state index is 12.3. The molecule has 0 aromatic heterocycles. The molecule has 1 heterocycles. The van der Waals surface area contributed by atoms with E-state index in [2.05, 4.69) is 0 Å². The molecule has 0 spiro atoms. The molecule has 104 valence electrons. The highest BCUT2D eigenvalue weighted by atomic mass is 32.2. The molecule has 1 unspecified atom stereocenters. The fourth-order valence-electron chi connectivity index (χ4n) is 2.64. The number of hydrogen-bond donors (Lipinski definition) is 1. The Labute approximate surface area is 112 Å². The first-order valence-electron chi connectivity index (χ1n) is 6.01. The Hall–Kier alpha value is -1.56. The van der Waals surface area contributed by atoms with Crippen molar-refractivity contribution in [3.05, 3.63) is 23.3 Å². The number of carbonyl (C=O) groups is 1. The van der Waals surface area contributed by atoms with Crippen LogP contribution < -0.4 is 4.90 Å². The number of hydrogen-bond acceptors (Lipinski definition) is 4. The summed E-state index contributed by atoms with van der Waals surface area (Å²) >= 11 is 0. The van der Waals surface area contributed by atoms with Gasteiger partial charge in [0.25, 0.3) is 0 Å². The number of fused-ring (bicyclic) bond motifs is 1. The highest BCUT2D eigenvalue weighted by Crippen LogP contribution is 2.36. The standard InChI is InChI=1S/C13H17NO4S/c1-8-4-9(2)13-11(5-8)19(17,18)7-10(14(13)3)6-12(15)16/h4-5,10H,6-7H2,1-3H3,(H,15,16). The number of nitrogens with zero attached hydrogens (tertiary/aromatic N) is 1. The van der Waals surface area contributed by atoms with Gasteiger partial charge in [-0.2, -0.15) is 0 Å². The number of aryl methyl sites for hydroxylation is 2. The van der Waals surface area contributed by atoms with Gasteiger partial charge in [-0.3, -0.25) is 4.79 Å². The van der Waals surface area contributed by atoms with Crippen molar-refractivity contribution in [2.45, 2.75) is 31.2 Å². The van der Waals surface area contributed by atoms with Gasteiger partial charge in [-0.15, -0.1) is 0 Å². The van der Waals surface area contributed by atoms with Gasteiger partial charge in [0.2, 0.25) is 0 Å². The van der Waals surface area contributed by atoms with E-state index in [1.807, 2.05) is 19.9 Å². The zero-order valence-electron chi connectivity index (χ0n) is 11.2. The van der Waals surface area contributed by atoms with Gasteiger partial charge in [0.1, 0.15) is 0 Å². The lowest BCUT2D eigenvalue weighted by atomic mass is 10.1. The number of rotatable bonds is 2. The number of benzene rings is 1. The molecule has 0 bridgehead atoms. The summed E-state index contributed by atoms with van der Waals surface area (Å²) < 4.78 is 24.6. The topological polar surface area (TPSA) is 74.7 Å². The van der Waals surface area contributed by atoms with Gasteiger partial charge in [-0.05, 0) is 31.0 Å². The number of sulfone groups is 1. The van der Waals surface area contributed by atoms with E-state index >= 15 is 0 Å². The van der Waals surface area contributed by atoms with Crippen molar-refractivity contribution < 1.29 is 18.3 Å². The molecule has 0 saturated carbocycles. The maximum absolute atomic E-state index is 12.3. The van der Waals surface area contributed by atoms with Crippen LogP contribution in [0.3, 0.4) is 0 Å². The molecule has 1 aromatic rings. The molecule has 0 aliphatic carbocycles. The van der Waals surface area contributed by atoms with Crippen molar-refractivity contribution in [1.82, 2.24) is 0 Å². The summed E-state index contributed by atoms with van der Waals surface area (Å²) in [5.41, 5.74) is 2.38. The lowest BCUT2D eigenvalue weighted by Crippen LogP contribution is -2.44. The van der Waals surface area contributed by atoms with Crippen molar-refractivity contribution in [2.24, 2.45) is 0 Å². The molecule has 5 nitrogen and oxygen atoms in total. The summed E-state index contributed by atoms with van der Waals surface area (Å²) in [7, 11) is -1.67. The average Bonchev–Trinajstić information content (AvgIpc) is 2.23. The third kappa shape index (κ3) is 2.45. The monoisotopic (exact) mass is 283 g/mol. The molecule has 1 aromatic carbocycles. The smallest absolute Gasteiger partial charge is 0.305 e. The minimum absolute atomic E-state index is 0.147. The summed E-state index contributed by atoms with van der Waals surface area (Å²) in [6.07, 6.45) is -0.178. The first-order valence-corrected chi connectivity index (χ1v) is 7.66. The van der Waals surface area contributed by atoms with E-state index in [9.17, 15) is 13.2 Å². The second kappa shape index (κ2) is 4.52. The van der Waals surface area contributed by atoms with Crippen molar-refractivity contribution in [1.29, 1.82) is 0 Å². The molecule has 19 heavy (non-hydrogen) atoms. The number of anilines is 1. The van der Waals surface area contributed by atoms with Crippen LogP contribution in [0.2, 0.25) is 0 Å². The van der Waals surface area contributed by atoms with Crippen LogP contribution in [0.1, 0.15) is 17.5 Å². The lowest BCUT2D eigenvalue weighted by molar-refractivity contribution is -0.137. The third-order valence-electron chi connectivity index (χ3n) is 3.47. The van der Waals surface area contributed by atoms with Gasteiger partial charge in [-0.1, -0.05) is 6.07 Å². The molecule has 0 saturated heterocycles. The number of carboxylic acid groups (broad SMARTS) is 1. The van der Waals surface area contributed by atoms with Gasteiger partial charge in [0.15, 0.2) is 9.84 Å². The highest BCUT2D eigenvalue weighted by molar-refractivity contribution is 7.91. The molecule has 0 radical (unpaired) electrons. The zero-order valence-corrected chi connectivity index (χ0v) is 12.0. The quantitative estimate of drug-likeness (QED) is 0.887.